The fourth-order valence-electron chi connectivity index (χ4n) is 4.14. The first-order valence-corrected chi connectivity index (χ1v) is 6.72. The quantitative estimate of drug-likeness (QED) is 0.734. The first-order valence-electron chi connectivity index (χ1n) is 6.72. The standard InChI is InChI=1S/C14H27N/c1-11(2)14(12(3)4)9-13(10-14)5-7-15-8-6-13/h11-12,15H,5-10H2,1-4H3. The third-order valence-corrected chi connectivity index (χ3v) is 5.37. The van der Waals surface area contributed by atoms with Gasteiger partial charge in [-0.2, -0.15) is 0 Å². The Kier molecular flexibility index (Phi) is 2.87. The molecule has 1 nitrogen and oxygen atoms in total. The molecule has 2 rings (SSSR count). The molecule has 1 heteroatoms. The van der Waals surface area contributed by atoms with Crippen LogP contribution in [0.2, 0.25) is 0 Å². The van der Waals surface area contributed by atoms with E-state index in [0.29, 0.717) is 5.41 Å². The van der Waals surface area contributed by atoms with Crippen LogP contribution in [0.3, 0.4) is 0 Å². The third kappa shape index (κ3) is 1.73. The highest BCUT2D eigenvalue weighted by atomic mass is 14.9. The summed E-state index contributed by atoms with van der Waals surface area (Å²) in [5.41, 5.74) is 1.40. The molecule has 0 aromatic heterocycles. The monoisotopic (exact) mass is 209 g/mol. The lowest BCUT2D eigenvalue weighted by Gasteiger charge is -2.62. The Morgan fingerprint density at radius 1 is 0.867 bits per heavy atom. The van der Waals surface area contributed by atoms with Crippen LogP contribution in [0.4, 0.5) is 0 Å². The van der Waals surface area contributed by atoms with E-state index in [-0.39, 0.29) is 0 Å². The average Bonchev–Trinajstić information content (AvgIpc) is 2.14. The van der Waals surface area contributed by atoms with E-state index in [1.54, 1.807) is 0 Å². The Hall–Kier alpha value is -0.0400. The Bertz CT molecular complexity index is 205. The molecule has 0 radical (unpaired) electrons. The summed E-state index contributed by atoms with van der Waals surface area (Å²) < 4.78 is 0. The van der Waals surface area contributed by atoms with Crippen molar-refractivity contribution in [3.8, 4) is 0 Å². The van der Waals surface area contributed by atoms with Gasteiger partial charge < -0.3 is 5.32 Å². The van der Waals surface area contributed by atoms with Crippen LogP contribution in [0.25, 0.3) is 0 Å². The Balaban J connectivity index is 2.04. The largest absolute Gasteiger partial charge is 0.317 e. The highest BCUT2D eigenvalue weighted by molar-refractivity contribution is 5.07. The smallest absolute Gasteiger partial charge is 0.00436 e. The predicted molar refractivity (Wildman–Crippen MR) is 65.9 cm³/mol. The van der Waals surface area contributed by atoms with Gasteiger partial charge in [0.2, 0.25) is 0 Å². The minimum Gasteiger partial charge on any atom is -0.317 e. The molecule has 0 unspecified atom stereocenters. The molecule has 0 aromatic carbocycles. The van der Waals surface area contributed by atoms with Gasteiger partial charge in [0.05, 0.1) is 0 Å². The maximum absolute atomic E-state index is 3.49. The Morgan fingerprint density at radius 3 is 1.73 bits per heavy atom. The van der Waals surface area contributed by atoms with Crippen molar-refractivity contribution in [2.45, 2.75) is 53.4 Å². The molecule has 15 heavy (non-hydrogen) atoms. The Labute approximate surface area is 95.0 Å². The summed E-state index contributed by atoms with van der Waals surface area (Å²) in [5.74, 6) is 1.72. The molecule has 2 fully saturated rings. The number of hydrogen-bond acceptors (Lipinski definition) is 1. The molecule has 0 atom stereocenters. The van der Waals surface area contributed by atoms with Crippen molar-refractivity contribution in [3.05, 3.63) is 0 Å². The van der Waals surface area contributed by atoms with E-state index in [0.717, 1.165) is 17.3 Å². The van der Waals surface area contributed by atoms with Gasteiger partial charge in [-0.25, -0.2) is 0 Å². The van der Waals surface area contributed by atoms with Gasteiger partial charge in [-0.15, -0.1) is 0 Å². The van der Waals surface area contributed by atoms with Crippen LogP contribution >= 0.6 is 0 Å². The molecule has 88 valence electrons. The third-order valence-electron chi connectivity index (χ3n) is 5.37. The summed E-state index contributed by atoms with van der Waals surface area (Å²) in [6.45, 7) is 12.2. The topological polar surface area (TPSA) is 12.0 Å². The molecular weight excluding hydrogens is 182 g/mol. The molecule has 1 heterocycles. The van der Waals surface area contributed by atoms with E-state index in [2.05, 4.69) is 33.0 Å². The predicted octanol–water partition coefficient (Wildman–Crippen LogP) is 3.45. The van der Waals surface area contributed by atoms with E-state index in [4.69, 9.17) is 0 Å². The molecule has 1 spiro atoms. The molecule has 2 aliphatic rings. The summed E-state index contributed by atoms with van der Waals surface area (Å²) in [6.07, 6.45) is 5.84. The van der Waals surface area contributed by atoms with Crippen molar-refractivity contribution >= 4 is 0 Å². The minimum atomic E-state index is 0.664. The van der Waals surface area contributed by atoms with E-state index >= 15 is 0 Å². The van der Waals surface area contributed by atoms with Gasteiger partial charge in [0.15, 0.2) is 0 Å². The molecule has 1 saturated carbocycles. The van der Waals surface area contributed by atoms with Crippen molar-refractivity contribution in [2.75, 3.05) is 13.1 Å². The second-order valence-electron chi connectivity index (χ2n) is 6.65. The minimum absolute atomic E-state index is 0.664. The van der Waals surface area contributed by atoms with E-state index < -0.39 is 0 Å². The van der Waals surface area contributed by atoms with Crippen molar-refractivity contribution in [1.29, 1.82) is 0 Å². The van der Waals surface area contributed by atoms with Crippen LogP contribution in [-0.4, -0.2) is 13.1 Å². The molecule has 0 amide bonds. The zero-order chi connectivity index (χ0) is 11.1. The highest BCUT2D eigenvalue weighted by Gasteiger charge is 2.56. The van der Waals surface area contributed by atoms with Gasteiger partial charge in [-0.05, 0) is 61.4 Å². The maximum Gasteiger partial charge on any atom is -0.00436 e. The Morgan fingerprint density at radius 2 is 1.33 bits per heavy atom. The zero-order valence-electron chi connectivity index (χ0n) is 10.9. The van der Waals surface area contributed by atoms with Crippen molar-refractivity contribution in [1.82, 2.24) is 5.32 Å². The van der Waals surface area contributed by atoms with Crippen molar-refractivity contribution in [2.24, 2.45) is 22.7 Å². The summed E-state index contributed by atoms with van der Waals surface area (Å²) in [6, 6.07) is 0. The number of rotatable bonds is 2. The fraction of sp³-hybridized carbons (Fsp3) is 1.00. The summed E-state index contributed by atoms with van der Waals surface area (Å²) in [7, 11) is 0. The van der Waals surface area contributed by atoms with E-state index in [1.165, 1.54) is 38.8 Å². The molecule has 0 aromatic rings. The number of piperidine rings is 1. The van der Waals surface area contributed by atoms with Gasteiger partial charge in [0.25, 0.3) is 0 Å². The lowest BCUT2D eigenvalue weighted by atomic mass is 9.43. The molecule has 1 aliphatic carbocycles. The summed E-state index contributed by atoms with van der Waals surface area (Å²) in [4.78, 5) is 0. The SMILES string of the molecule is CC(C)C1(C(C)C)CC2(CCNCC2)C1. The first kappa shape index (κ1) is 11.4. The molecule has 1 aliphatic heterocycles. The fourth-order valence-corrected chi connectivity index (χ4v) is 4.14. The molecular formula is C14H27N. The molecule has 1 N–H and O–H groups in total. The maximum atomic E-state index is 3.49. The molecule has 1 saturated heterocycles. The van der Waals surface area contributed by atoms with Crippen LogP contribution < -0.4 is 5.32 Å². The summed E-state index contributed by atoms with van der Waals surface area (Å²) >= 11 is 0. The summed E-state index contributed by atoms with van der Waals surface area (Å²) in [5, 5.41) is 3.49. The van der Waals surface area contributed by atoms with Gasteiger partial charge in [0.1, 0.15) is 0 Å². The number of nitrogens with one attached hydrogen (secondary N) is 1. The van der Waals surface area contributed by atoms with Gasteiger partial charge >= 0.3 is 0 Å². The van der Waals surface area contributed by atoms with Crippen LogP contribution in [0.1, 0.15) is 53.4 Å². The van der Waals surface area contributed by atoms with Gasteiger partial charge in [-0.1, -0.05) is 27.7 Å². The second-order valence-corrected chi connectivity index (χ2v) is 6.65. The zero-order valence-corrected chi connectivity index (χ0v) is 10.9. The first-order chi connectivity index (χ1) is 7.01. The normalized spacial score (nSPS) is 28.4. The van der Waals surface area contributed by atoms with E-state index in [1.807, 2.05) is 0 Å². The van der Waals surface area contributed by atoms with E-state index in [9.17, 15) is 0 Å². The average molecular weight is 209 g/mol. The second kappa shape index (κ2) is 3.76. The van der Waals surface area contributed by atoms with Crippen molar-refractivity contribution < 1.29 is 0 Å². The van der Waals surface area contributed by atoms with Gasteiger partial charge in [0, 0.05) is 0 Å². The highest BCUT2D eigenvalue weighted by Crippen LogP contribution is 2.65. The van der Waals surface area contributed by atoms with Gasteiger partial charge in [-0.3, -0.25) is 0 Å². The van der Waals surface area contributed by atoms with Crippen LogP contribution in [0, 0.1) is 22.7 Å². The van der Waals surface area contributed by atoms with Crippen LogP contribution in [0.15, 0.2) is 0 Å². The number of hydrogen-bond donors (Lipinski definition) is 1. The molecule has 0 bridgehead atoms. The van der Waals surface area contributed by atoms with Crippen molar-refractivity contribution in [3.63, 3.8) is 0 Å². The lowest BCUT2D eigenvalue weighted by molar-refractivity contribution is -0.121. The van der Waals surface area contributed by atoms with Crippen LogP contribution in [-0.2, 0) is 0 Å². The lowest BCUT2D eigenvalue weighted by Crippen LogP contribution is -2.55. The van der Waals surface area contributed by atoms with Crippen LogP contribution in [0.5, 0.6) is 0 Å².